The van der Waals surface area contributed by atoms with E-state index in [9.17, 15) is 4.79 Å². The predicted molar refractivity (Wildman–Crippen MR) is 90.4 cm³/mol. The first-order chi connectivity index (χ1) is 9.97. The van der Waals surface area contributed by atoms with E-state index in [1.54, 1.807) is 11.8 Å². The van der Waals surface area contributed by atoms with Gasteiger partial charge in [-0.2, -0.15) is 11.8 Å². The standard InChI is InChI=1S/C17H26N2OS/c1-11(2)15-17(20)19(13(4)10-21-5)16(18-15)14-9-7-6-8-12(14)3/h6-9,11,13,15-16,18H,10H2,1-5H3. The van der Waals surface area contributed by atoms with Crippen molar-refractivity contribution in [3.63, 3.8) is 0 Å². The smallest absolute Gasteiger partial charge is 0.241 e. The minimum Gasteiger partial charge on any atom is -0.318 e. The number of thioether (sulfide) groups is 1. The van der Waals surface area contributed by atoms with E-state index in [0.717, 1.165) is 5.75 Å². The molecule has 0 aromatic heterocycles. The van der Waals surface area contributed by atoms with E-state index in [-0.39, 0.29) is 24.2 Å². The fourth-order valence-electron chi connectivity index (χ4n) is 3.01. The minimum absolute atomic E-state index is 0.00625. The molecule has 3 nitrogen and oxygen atoms in total. The highest BCUT2D eigenvalue weighted by Gasteiger charge is 2.43. The van der Waals surface area contributed by atoms with Gasteiger partial charge in [0.25, 0.3) is 0 Å². The number of hydrogen-bond acceptors (Lipinski definition) is 3. The van der Waals surface area contributed by atoms with Gasteiger partial charge >= 0.3 is 0 Å². The molecule has 3 atom stereocenters. The van der Waals surface area contributed by atoms with Crippen LogP contribution in [-0.4, -0.2) is 34.9 Å². The molecular weight excluding hydrogens is 280 g/mol. The molecule has 116 valence electrons. The second-order valence-electron chi connectivity index (χ2n) is 6.20. The van der Waals surface area contributed by atoms with Crippen LogP contribution >= 0.6 is 11.8 Å². The fraction of sp³-hybridized carbons (Fsp3) is 0.588. The summed E-state index contributed by atoms with van der Waals surface area (Å²) in [7, 11) is 0. The molecule has 1 heterocycles. The highest BCUT2D eigenvalue weighted by Crippen LogP contribution is 2.32. The van der Waals surface area contributed by atoms with Crippen LogP contribution < -0.4 is 5.32 Å². The van der Waals surface area contributed by atoms with Gasteiger partial charge in [-0.1, -0.05) is 38.1 Å². The number of aryl methyl sites for hydroxylation is 1. The van der Waals surface area contributed by atoms with Gasteiger partial charge in [-0.25, -0.2) is 0 Å². The number of carbonyl (C=O) groups excluding carboxylic acids is 1. The SMILES string of the molecule is CSCC(C)N1C(=O)C(C(C)C)NC1c1ccccc1C. The van der Waals surface area contributed by atoms with Gasteiger partial charge in [0, 0.05) is 11.8 Å². The second kappa shape index (κ2) is 6.84. The molecule has 1 aromatic carbocycles. The summed E-state index contributed by atoms with van der Waals surface area (Å²) in [5.74, 6) is 1.50. The maximum absolute atomic E-state index is 12.8. The topological polar surface area (TPSA) is 32.3 Å². The highest BCUT2D eigenvalue weighted by molar-refractivity contribution is 7.98. The summed E-state index contributed by atoms with van der Waals surface area (Å²) in [6.07, 6.45) is 2.08. The van der Waals surface area contributed by atoms with Crippen LogP contribution in [0.4, 0.5) is 0 Å². The maximum atomic E-state index is 12.8. The third-order valence-corrected chi connectivity index (χ3v) is 4.98. The summed E-state index contributed by atoms with van der Waals surface area (Å²) in [6, 6.07) is 8.48. The molecular formula is C17H26N2OS. The van der Waals surface area contributed by atoms with E-state index in [1.807, 2.05) is 11.0 Å². The number of nitrogens with zero attached hydrogens (tertiary/aromatic N) is 1. The molecule has 3 unspecified atom stereocenters. The highest BCUT2D eigenvalue weighted by atomic mass is 32.2. The molecule has 1 amide bonds. The van der Waals surface area contributed by atoms with Gasteiger partial charge in [0.15, 0.2) is 0 Å². The average Bonchev–Trinajstić information content (AvgIpc) is 2.77. The van der Waals surface area contributed by atoms with E-state index >= 15 is 0 Å². The summed E-state index contributed by atoms with van der Waals surface area (Å²) in [5, 5.41) is 3.55. The lowest BCUT2D eigenvalue weighted by Gasteiger charge is -2.31. The molecule has 0 spiro atoms. The van der Waals surface area contributed by atoms with Crippen LogP contribution in [0.5, 0.6) is 0 Å². The van der Waals surface area contributed by atoms with Crippen molar-refractivity contribution >= 4 is 17.7 Å². The summed E-state index contributed by atoms with van der Waals surface area (Å²) >= 11 is 1.79. The zero-order chi connectivity index (χ0) is 15.6. The molecule has 1 fully saturated rings. The molecule has 2 rings (SSSR count). The number of hydrogen-bond donors (Lipinski definition) is 1. The van der Waals surface area contributed by atoms with Crippen LogP contribution in [0.25, 0.3) is 0 Å². The molecule has 1 saturated heterocycles. The summed E-state index contributed by atoms with van der Waals surface area (Å²) in [6.45, 7) is 8.46. The van der Waals surface area contributed by atoms with Crippen LogP contribution in [0, 0.1) is 12.8 Å². The molecule has 0 bridgehead atoms. The first kappa shape index (κ1) is 16.4. The molecule has 0 radical (unpaired) electrons. The fourth-order valence-corrected chi connectivity index (χ4v) is 3.66. The van der Waals surface area contributed by atoms with Crippen molar-refractivity contribution in [2.75, 3.05) is 12.0 Å². The minimum atomic E-state index is -0.0843. The van der Waals surface area contributed by atoms with Gasteiger partial charge in [0.05, 0.1) is 6.04 Å². The number of rotatable bonds is 5. The molecule has 1 aromatic rings. The lowest BCUT2D eigenvalue weighted by atomic mass is 10.0. The van der Waals surface area contributed by atoms with Crippen molar-refractivity contribution in [1.29, 1.82) is 0 Å². The zero-order valence-electron chi connectivity index (χ0n) is 13.6. The van der Waals surface area contributed by atoms with Gasteiger partial charge in [-0.15, -0.1) is 0 Å². The molecule has 4 heteroatoms. The number of benzene rings is 1. The van der Waals surface area contributed by atoms with Crippen LogP contribution in [-0.2, 0) is 4.79 Å². The Labute approximate surface area is 132 Å². The Kier molecular flexibility index (Phi) is 5.33. The van der Waals surface area contributed by atoms with Gasteiger partial charge in [-0.05, 0) is 37.1 Å². The van der Waals surface area contributed by atoms with Crippen molar-refractivity contribution in [2.45, 2.75) is 45.9 Å². The zero-order valence-corrected chi connectivity index (χ0v) is 14.4. The van der Waals surface area contributed by atoms with Crippen LogP contribution in [0.1, 0.15) is 38.1 Å². The third-order valence-electron chi connectivity index (χ3n) is 4.17. The average molecular weight is 306 g/mol. The second-order valence-corrected chi connectivity index (χ2v) is 7.11. The molecule has 1 aliphatic heterocycles. The van der Waals surface area contributed by atoms with Crippen molar-refractivity contribution in [1.82, 2.24) is 10.2 Å². The van der Waals surface area contributed by atoms with E-state index in [1.165, 1.54) is 11.1 Å². The lowest BCUT2D eigenvalue weighted by Crippen LogP contribution is -2.40. The van der Waals surface area contributed by atoms with Crippen LogP contribution in [0.3, 0.4) is 0 Å². The van der Waals surface area contributed by atoms with Crippen molar-refractivity contribution in [2.24, 2.45) is 5.92 Å². The van der Waals surface area contributed by atoms with Crippen LogP contribution in [0.2, 0.25) is 0 Å². The number of nitrogens with one attached hydrogen (secondary N) is 1. The monoisotopic (exact) mass is 306 g/mol. The van der Waals surface area contributed by atoms with Crippen molar-refractivity contribution in [3.8, 4) is 0 Å². The van der Waals surface area contributed by atoms with Crippen molar-refractivity contribution < 1.29 is 4.79 Å². The maximum Gasteiger partial charge on any atom is 0.241 e. The summed E-state index contributed by atoms with van der Waals surface area (Å²) in [5.41, 5.74) is 2.44. The Morgan fingerprint density at radius 2 is 1.95 bits per heavy atom. The Morgan fingerprint density at radius 3 is 2.52 bits per heavy atom. The van der Waals surface area contributed by atoms with Gasteiger partial charge in [0.2, 0.25) is 5.91 Å². The van der Waals surface area contributed by atoms with Crippen molar-refractivity contribution in [3.05, 3.63) is 35.4 Å². The summed E-state index contributed by atoms with van der Waals surface area (Å²) < 4.78 is 0. The van der Waals surface area contributed by atoms with Gasteiger partial charge in [0.1, 0.15) is 6.17 Å². The number of amides is 1. The normalized spacial score (nSPS) is 23.9. The van der Waals surface area contributed by atoms with E-state index < -0.39 is 0 Å². The van der Waals surface area contributed by atoms with E-state index in [4.69, 9.17) is 0 Å². The Bertz CT molecular complexity index is 503. The Morgan fingerprint density at radius 1 is 1.29 bits per heavy atom. The van der Waals surface area contributed by atoms with E-state index in [0.29, 0.717) is 5.92 Å². The number of carbonyl (C=O) groups is 1. The summed E-state index contributed by atoms with van der Waals surface area (Å²) in [4.78, 5) is 14.9. The van der Waals surface area contributed by atoms with Gasteiger partial charge in [-0.3, -0.25) is 10.1 Å². The molecule has 21 heavy (non-hydrogen) atoms. The molecule has 1 N–H and O–H groups in total. The Hall–Kier alpha value is -1.00. The van der Waals surface area contributed by atoms with Crippen LogP contribution in [0.15, 0.2) is 24.3 Å². The van der Waals surface area contributed by atoms with Gasteiger partial charge < -0.3 is 4.90 Å². The first-order valence-electron chi connectivity index (χ1n) is 7.60. The predicted octanol–water partition coefficient (Wildman–Crippen LogP) is 3.20. The quantitative estimate of drug-likeness (QED) is 0.906. The molecule has 0 saturated carbocycles. The van der Waals surface area contributed by atoms with E-state index in [2.05, 4.69) is 57.5 Å². The lowest BCUT2D eigenvalue weighted by molar-refractivity contribution is -0.132. The Balaban J connectivity index is 2.37. The molecule has 0 aliphatic carbocycles. The largest absolute Gasteiger partial charge is 0.318 e. The first-order valence-corrected chi connectivity index (χ1v) is 8.99. The third kappa shape index (κ3) is 3.27. The molecule has 1 aliphatic rings.